The largest absolute Gasteiger partial charge is 0.468 e. The Morgan fingerprint density at radius 3 is 2.36 bits per heavy atom. The van der Waals surface area contributed by atoms with Crippen molar-refractivity contribution in [1.29, 1.82) is 0 Å². The third-order valence-corrected chi connectivity index (χ3v) is 7.74. The molecule has 0 saturated carbocycles. The number of rotatable bonds is 8. The maximum atomic E-state index is 5.81. The van der Waals surface area contributed by atoms with Gasteiger partial charge in [0.25, 0.3) is 0 Å². The Labute approximate surface area is 217 Å². The quantitative estimate of drug-likeness (QED) is 0.283. The summed E-state index contributed by atoms with van der Waals surface area (Å²) in [6.45, 7) is 11.8. The van der Waals surface area contributed by atoms with Crippen molar-refractivity contribution in [1.82, 2.24) is 25.3 Å². The summed E-state index contributed by atoms with van der Waals surface area (Å²) in [5.74, 6) is 1.99. The molecule has 188 valence electrons. The van der Waals surface area contributed by atoms with Gasteiger partial charge in [-0.15, -0.1) is 24.0 Å². The SMILES string of the molecule is CCNC(=NCC1(N2CCCCC2)CCN(C)CC1)NCC(c1ccco1)N1CCCC1.I. The molecule has 3 aliphatic rings. The van der Waals surface area contributed by atoms with Crippen LogP contribution in [0, 0.1) is 0 Å². The Balaban J connectivity index is 0.00000306. The summed E-state index contributed by atoms with van der Waals surface area (Å²) in [6.07, 6.45) is 10.8. The smallest absolute Gasteiger partial charge is 0.191 e. The van der Waals surface area contributed by atoms with E-state index in [0.717, 1.165) is 44.4 Å². The molecule has 1 atom stereocenters. The molecule has 0 radical (unpaired) electrons. The van der Waals surface area contributed by atoms with Crippen LogP contribution in [0.25, 0.3) is 0 Å². The molecule has 33 heavy (non-hydrogen) atoms. The van der Waals surface area contributed by atoms with Crippen LogP contribution in [0.3, 0.4) is 0 Å². The van der Waals surface area contributed by atoms with Gasteiger partial charge in [0.1, 0.15) is 5.76 Å². The van der Waals surface area contributed by atoms with Gasteiger partial charge >= 0.3 is 0 Å². The molecule has 0 bridgehead atoms. The van der Waals surface area contributed by atoms with Crippen LogP contribution in [0.1, 0.15) is 63.7 Å². The van der Waals surface area contributed by atoms with Crippen LogP contribution in [-0.2, 0) is 0 Å². The Bertz CT molecular complexity index is 692. The van der Waals surface area contributed by atoms with Gasteiger partial charge in [0.15, 0.2) is 5.96 Å². The van der Waals surface area contributed by atoms with Crippen molar-refractivity contribution in [2.75, 3.05) is 66.0 Å². The van der Waals surface area contributed by atoms with E-state index in [9.17, 15) is 0 Å². The van der Waals surface area contributed by atoms with E-state index in [4.69, 9.17) is 9.41 Å². The lowest BCUT2D eigenvalue weighted by Crippen LogP contribution is -2.58. The fourth-order valence-electron chi connectivity index (χ4n) is 5.68. The number of hydrogen-bond donors (Lipinski definition) is 2. The van der Waals surface area contributed by atoms with Crippen molar-refractivity contribution >= 4 is 29.9 Å². The monoisotopic (exact) mass is 572 g/mol. The first kappa shape index (κ1) is 26.8. The summed E-state index contributed by atoms with van der Waals surface area (Å²) < 4.78 is 5.81. The highest BCUT2D eigenvalue weighted by atomic mass is 127. The van der Waals surface area contributed by atoms with E-state index in [0.29, 0.717) is 0 Å². The van der Waals surface area contributed by atoms with Crippen LogP contribution in [-0.4, -0.2) is 92.1 Å². The van der Waals surface area contributed by atoms with Crippen molar-refractivity contribution in [3.05, 3.63) is 24.2 Å². The molecule has 0 spiro atoms. The van der Waals surface area contributed by atoms with Gasteiger partial charge in [-0.05, 0) is 104 Å². The Kier molecular flexibility index (Phi) is 10.8. The van der Waals surface area contributed by atoms with E-state index >= 15 is 0 Å². The van der Waals surface area contributed by atoms with E-state index in [1.807, 2.05) is 6.07 Å². The number of furan rings is 1. The zero-order valence-electron chi connectivity index (χ0n) is 20.7. The van der Waals surface area contributed by atoms with Crippen molar-refractivity contribution in [3.8, 4) is 0 Å². The first-order valence-corrected chi connectivity index (χ1v) is 12.9. The molecule has 0 aliphatic carbocycles. The Morgan fingerprint density at radius 1 is 1.03 bits per heavy atom. The number of nitrogens with zero attached hydrogens (tertiary/aromatic N) is 4. The minimum absolute atomic E-state index is 0. The van der Waals surface area contributed by atoms with Crippen LogP contribution in [0.15, 0.2) is 27.8 Å². The first-order valence-electron chi connectivity index (χ1n) is 12.9. The van der Waals surface area contributed by atoms with Crippen LogP contribution in [0.2, 0.25) is 0 Å². The second-order valence-electron chi connectivity index (χ2n) is 9.93. The number of aliphatic imine (C=N–C) groups is 1. The van der Waals surface area contributed by atoms with E-state index < -0.39 is 0 Å². The van der Waals surface area contributed by atoms with Gasteiger partial charge in [-0.2, -0.15) is 0 Å². The summed E-state index contributed by atoms with van der Waals surface area (Å²) in [7, 11) is 2.25. The molecule has 1 aromatic heterocycles. The van der Waals surface area contributed by atoms with Crippen LogP contribution >= 0.6 is 24.0 Å². The standard InChI is InChI=1S/C25H44N6O.HI/c1-3-26-24(27-20-22(23-10-9-19-32-23)30-13-7-8-14-30)28-21-25(11-17-29(2)18-12-25)31-15-5-4-6-16-31;/h9-10,19,22H,3-8,11-18,20-21H2,1-2H3,(H2,26,27,28);1H. The molecule has 3 fully saturated rings. The molecule has 4 heterocycles. The zero-order valence-corrected chi connectivity index (χ0v) is 23.1. The van der Waals surface area contributed by atoms with Crippen molar-refractivity contribution in [2.24, 2.45) is 4.99 Å². The van der Waals surface area contributed by atoms with Crippen molar-refractivity contribution < 1.29 is 4.42 Å². The minimum atomic E-state index is 0. The lowest BCUT2D eigenvalue weighted by molar-refractivity contribution is 0.0208. The summed E-state index contributed by atoms with van der Waals surface area (Å²) in [6, 6.07) is 4.37. The second-order valence-corrected chi connectivity index (χ2v) is 9.93. The topological polar surface area (TPSA) is 59.3 Å². The number of likely N-dealkylation sites (tertiary alicyclic amines) is 3. The predicted octanol–water partition coefficient (Wildman–Crippen LogP) is 3.54. The summed E-state index contributed by atoms with van der Waals surface area (Å²) in [5, 5.41) is 7.17. The highest BCUT2D eigenvalue weighted by Crippen LogP contribution is 2.32. The molecule has 7 nitrogen and oxygen atoms in total. The maximum absolute atomic E-state index is 5.81. The van der Waals surface area contributed by atoms with Crippen LogP contribution in [0.5, 0.6) is 0 Å². The van der Waals surface area contributed by atoms with Gasteiger partial charge < -0.3 is 20.0 Å². The van der Waals surface area contributed by atoms with Gasteiger partial charge in [-0.1, -0.05) is 6.42 Å². The number of guanidine groups is 1. The fourth-order valence-corrected chi connectivity index (χ4v) is 5.68. The highest BCUT2D eigenvalue weighted by molar-refractivity contribution is 14.0. The lowest BCUT2D eigenvalue weighted by Gasteiger charge is -2.49. The van der Waals surface area contributed by atoms with E-state index in [1.54, 1.807) is 6.26 Å². The van der Waals surface area contributed by atoms with Crippen LogP contribution in [0.4, 0.5) is 0 Å². The van der Waals surface area contributed by atoms with Crippen molar-refractivity contribution in [2.45, 2.75) is 63.5 Å². The molecule has 3 saturated heterocycles. The number of nitrogens with one attached hydrogen (secondary N) is 2. The molecule has 4 rings (SSSR count). The molecule has 3 aliphatic heterocycles. The van der Waals surface area contributed by atoms with Gasteiger partial charge in [0.05, 0.1) is 18.8 Å². The normalized spacial score (nSPS) is 23.8. The van der Waals surface area contributed by atoms with Gasteiger partial charge in [0, 0.05) is 18.6 Å². The number of hydrogen-bond acceptors (Lipinski definition) is 5. The molecule has 0 amide bonds. The molecular formula is C25H45IN6O. The summed E-state index contributed by atoms with van der Waals surface area (Å²) in [5.41, 5.74) is 0.213. The van der Waals surface area contributed by atoms with Gasteiger partial charge in [0.2, 0.25) is 0 Å². The van der Waals surface area contributed by atoms with E-state index in [-0.39, 0.29) is 35.6 Å². The zero-order chi connectivity index (χ0) is 22.2. The molecule has 0 aromatic carbocycles. The lowest BCUT2D eigenvalue weighted by atomic mass is 9.84. The maximum Gasteiger partial charge on any atom is 0.191 e. The van der Waals surface area contributed by atoms with Gasteiger partial charge in [-0.25, -0.2) is 0 Å². The molecule has 1 unspecified atom stereocenters. The second kappa shape index (κ2) is 13.3. The Morgan fingerprint density at radius 2 is 1.73 bits per heavy atom. The number of halogens is 1. The molecule has 2 N–H and O–H groups in total. The summed E-state index contributed by atoms with van der Waals surface area (Å²) in [4.78, 5) is 13.0. The summed E-state index contributed by atoms with van der Waals surface area (Å²) >= 11 is 0. The van der Waals surface area contributed by atoms with E-state index in [1.165, 1.54) is 71.1 Å². The molecular weight excluding hydrogens is 527 g/mol. The average Bonchev–Trinajstić information content (AvgIpc) is 3.55. The predicted molar refractivity (Wildman–Crippen MR) is 147 cm³/mol. The van der Waals surface area contributed by atoms with Crippen LogP contribution < -0.4 is 10.6 Å². The average molecular weight is 573 g/mol. The molecule has 8 heteroatoms. The Hall–Kier alpha value is -0.840. The third-order valence-electron chi connectivity index (χ3n) is 7.74. The third kappa shape index (κ3) is 7.08. The highest BCUT2D eigenvalue weighted by Gasteiger charge is 2.39. The molecule has 1 aromatic rings. The van der Waals surface area contributed by atoms with E-state index in [2.05, 4.69) is 45.4 Å². The van der Waals surface area contributed by atoms with Gasteiger partial charge in [-0.3, -0.25) is 14.8 Å². The fraction of sp³-hybridized carbons (Fsp3) is 0.800. The minimum Gasteiger partial charge on any atom is -0.468 e. The number of piperidine rings is 2. The van der Waals surface area contributed by atoms with Crippen molar-refractivity contribution in [3.63, 3.8) is 0 Å². The first-order chi connectivity index (χ1) is 15.7.